The van der Waals surface area contributed by atoms with Gasteiger partial charge >= 0.3 is 0 Å². The number of hydrogen-bond donors (Lipinski definition) is 2. The molecule has 1 saturated heterocycles. The lowest BCUT2D eigenvalue weighted by atomic mass is 10.1. The third-order valence-electron chi connectivity index (χ3n) is 5.48. The van der Waals surface area contributed by atoms with Gasteiger partial charge in [-0.25, -0.2) is 23.3 Å². The van der Waals surface area contributed by atoms with Crippen molar-refractivity contribution in [2.75, 3.05) is 25.5 Å². The molecule has 0 aromatic carbocycles. The summed E-state index contributed by atoms with van der Waals surface area (Å²) >= 11 is 0. The summed E-state index contributed by atoms with van der Waals surface area (Å²) in [6, 6.07) is 2.71. The first-order valence-corrected chi connectivity index (χ1v) is 9.90. The largest absolute Gasteiger partial charge is 0.495 e. The van der Waals surface area contributed by atoms with E-state index < -0.39 is 11.6 Å². The Hall–Kier alpha value is -2.81. The van der Waals surface area contributed by atoms with E-state index in [-0.39, 0.29) is 17.6 Å². The third kappa shape index (κ3) is 3.39. The van der Waals surface area contributed by atoms with E-state index in [1.807, 2.05) is 0 Å². The highest BCUT2D eigenvalue weighted by atomic mass is 19.1. The Morgan fingerprint density at radius 2 is 2.07 bits per heavy atom. The fraction of sp³-hybridized carbons (Fsp3) is 0.450. The number of pyridine rings is 1. The van der Waals surface area contributed by atoms with Crippen LogP contribution in [0.2, 0.25) is 0 Å². The zero-order valence-corrected chi connectivity index (χ0v) is 16.1. The molecule has 0 unspecified atom stereocenters. The van der Waals surface area contributed by atoms with Crippen molar-refractivity contribution in [2.45, 2.75) is 37.6 Å². The number of anilines is 1. The van der Waals surface area contributed by atoms with Crippen LogP contribution >= 0.6 is 0 Å². The highest BCUT2D eigenvalue weighted by Gasteiger charge is 2.30. The van der Waals surface area contributed by atoms with Gasteiger partial charge in [0.1, 0.15) is 22.8 Å². The van der Waals surface area contributed by atoms with E-state index in [1.165, 1.54) is 6.20 Å². The molecule has 0 spiro atoms. The normalized spacial score (nSPS) is 19.5. The number of fused-ring (bicyclic) bond motifs is 1. The molecule has 3 aromatic rings. The topological polar surface area (TPSA) is 76.4 Å². The molecule has 1 aliphatic heterocycles. The Bertz CT molecular complexity index is 1060. The molecule has 5 rings (SSSR count). The minimum Gasteiger partial charge on any atom is -0.495 e. The van der Waals surface area contributed by atoms with Gasteiger partial charge in [-0.1, -0.05) is 0 Å². The summed E-state index contributed by atoms with van der Waals surface area (Å²) in [5.41, 5.74) is 1.75. The van der Waals surface area contributed by atoms with Crippen molar-refractivity contribution in [3.05, 3.63) is 35.7 Å². The van der Waals surface area contributed by atoms with Gasteiger partial charge in [-0.3, -0.25) is 0 Å². The molecule has 2 aliphatic rings. The van der Waals surface area contributed by atoms with Crippen LogP contribution in [-0.2, 0) is 0 Å². The van der Waals surface area contributed by atoms with Crippen LogP contribution in [0.15, 0.2) is 18.3 Å². The Labute approximate surface area is 166 Å². The molecule has 1 aliphatic carbocycles. The van der Waals surface area contributed by atoms with Crippen LogP contribution in [0.4, 0.5) is 14.6 Å². The van der Waals surface area contributed by atoms with Gasteiger partial charge < -0.3 is 15.4 Å². The molecule has 2 N–H and O–H groups in total. The lowest BCUT2D eigenvalue weighted by Gasteiger charge is -2.24. The third-order valence-corrected chi connectivity index (χ3v) is 5.48. The summed E-state index contributed by atoms with van der Waals surface area (Å²) in [4.78, 5) is 8.59. The highest BCUT2D eigenvalue weighted by molar-refractivity contribution is 5.63. The molecular formula is C20H22F2N6O. The SMILES string of the molecule is COc1cc2ncc(-c3nc(N[C@H]4CCCNC4)c(F)cc3F)n2nc1C1CC1. The second-order valence-corrected chi connectivity index (χ2v) is 7.62. The van der Waals surface area contributed by atoms with Gasteiger partial charge in [0.2, 0.25) is 0 Å². The quantitative estimate of drug-likeness (QED) is 0.685. The minimum atomic E-state index is -0.748. The van der Waals surface area contributed by atoms with Crippen molar-refractivity contribution in [2.24, 2.45) is 0 Å². The summed E-state index contributed by atoms with van der Waals surface area (Å²) < 4.78 is 36.1. The molecule has 1 saturated carbocycles. The molecule has 29 heavy (non-hydrogen) atoms. The summed E-state index contributed by atoms with van der Waals surface area (Å²) in [5.74, 6) is -0.398. The van der Waals surface area contributed by atoms with Crippen LogP contribution in [0.25, 0.3) is 17.0 Å². The molecule has 9 heteroatoms. The monoisotopic (exact) mass is 400 g/mol. The van der Waals surface area contributed by atoms with Crippen LogP contribution in [0.5, 0.6) is 5.75 Å². The molecule has 1 atom stereocenters. The maximum atomic E-state index is 14.7. The molecule has 7 nitrogen and oxygen atoms in total. The average molecular weight is 400 g/mol. The number of methoxy groups -OCH3 is 1. The molecule has 4 heterocycles. The Kier molecular flexibility index (Phi) is 4.54. The molecule has 0 amide bonds. The standard InChI is InChI=1S/C20H22F2N6O/c1-29-16-8-17-24-10-15(28(17)27-18(16)11-4-5-11)19-13(21)7-14(22)20(26-19)25-12-3-2-6-23-9-12/h7-8,10-12,23H,2-6,9H2,1H3,(H,25,26)/t12-/m0/s1. The van der Waals surface area contributed by atoms with Gasteiger partial charge in [-0.05, 0) is 32.2 Å². The zero-order valence-electron chi connectivity index (χ0n) is 16.1. The first kappa shape index (κ1) is 18.2. The Morgan fingerprint density at radius 1 is 1.21 bits per heavy atom. The first-order chi connectivity index (χ1) is 14.1. The van der Waals surface area contributed by atoms with E-state index >= 15 is 0 Å². The summed E-state index contributed by atoms with van der Waals surface area (Å²) in [7, 11) is 1.60. The van der Waals surface area contributed by atoms with E-state index in [1.54, 1.807) is 17.7 Å². The van der Waals surface area contributed by atoms with Crippen LogP contribution in [0.1, 0.15) is 37.3 Å². The van der Waals surface area contributed by atoms with Crippen molar-refractivity contribution in [3.8, 4) is 17.1 Å². The second kappa shape index (κ2) is 7.22. The van der Waals surface area contributed by atoms with Crippen LogP contribution in [-0.4, -0.2) is 45.8 Å². The first-order valence-electron chi connectivity index (χ1n) is 9.90. The minimum absolute atomic E-state index is 0.0181. The molecule has 152 valence electrons. The highest BCUT2D eigenvalue weighted by Crippen LogP contribution is 2.43. The fourth-order valence-corrected chi connectivity index (χ4v) is 3.79. The predicted molar refractivity (Wildman–Crippen MR) is 104 cm³/mol. The van der Waals surface area contributed by atoms with Crippen LogP contribution < -0.4 is 15.4 Å². The number of imidazole rings is 1. The summed E-state index contributed by atoms with van der Waals surface area (Å²) in [6.07, 6.45) is 5.50. The molecule has 3 aromatic heterocycles. The van der Waals surface area contributed by atoms with E-state index in [4.69, 9.17) is 4.74 Å². The van der Waals surface area contributed by atoms with Gasteiger partial charge in [-0.2, -0.15) is 5.10 Å². The van der Waals surface area contributed by atoms with Crippen LogP contribution in [0, 0.1) is 11.6 Å². The molecule has 0 bridgehead atoms. The van der Waals surface area contributed by atoms with Gasteiger partial charge in [0, 0.05) is 30.6 Å². The molecular weight excluding hydrogens is 378 g/mol. The fourth-order valence-electron chi connectivity index (χ4n) is 3.79. The number of rotatable bonds is 5. The lowest BCUT2D eigenvalue weighted by molar-refractivity contribution is 0.405. The van der Waals surface area contributed by atoms with Gasteiger partial charge in [0.05, 0.1) is 13.3 Å². The Morgan fingerprint density at radius 3 is 2.79 bits per heavy atom. The van der Waals surface area contributed by atoms with Gasteiger partial charge in [0.15, 0.2) is 23.1 Å². The number of nitrogens with one attached hydrogen (secondary N) is 2. The number of ether oxygens (including phenoxy) is 1. The van der Waals surface area contributed by atoms with E-state index in [2.05, 4.69) is 25.7 Å². The Balaban J connectivity index is 1.57. The smallest absolute Gasteiger partial charge is 0.168 e. The van der Waals surface area contributed by atoms with Crippen molar-refractivity contribution < 1.29 is 13.5 Å². The van der Waals surface area contributed by atoms with Crippen molar-refractivity contribution >= 4 is 11.5 Å². The van der Waals surface area contributed by atoms with Crippen LogP contribution in [0.3, 0.4) is 0 Å². The van der Waals surface area contributed by atoms with E-state index in [0.29, 0.717) is 23.0 Å². The molecule has 0 radical (unpaired) electrons. The summed E-state index contributed by atoms with van der Waals surface area (Å²) in [6.45, 7) is 1.67. The van der Waals surface area contributed by atoms with E-state index in [0.717, 1.165) is 50.5 Å². The number of piperidine rings is 1. The number of halogens is 2. The lowest BCUT2D eigenvalue weighted by Crippen LogP contribution is -2.38. The predicted octanol–water partition coefficient (Wildman–Crippen LogP) is 3.12. The average Bonchev–Trinajstić information content (AvgIpc) is 3.50. The zero-order chi connectivity index (χ0) is 20.0. The maximum absolute atomic E-state index is 14.7. The summed E-state index contributed by atoms with van der Waals surface area (Å²) in [5, 5.41) is 11.0. The van der Waals surface area contributed by atoms with Gasteiger partial charge in [-0.15, -0.1) is 0 Å². The van der Waals surface area contributed by atoms with Crippen molar-refractivity contribution in [3.63, 3.8) is 0 Å². The maximum Gasteiger partial charge on any atom is 0.168 e. The number of nitrogens with zero attached hydrogens (tertiary/aromatic N) is 4. The second-order valence-electron chi connectivity index (χ2n) is 7.62. The van der Waals surface area contributed by atoms with Crippen molar-refractivity contribution in [1.82, 2.24) is 24.9 Å². The van der Waals surface area contributed by atoms with E-state index in [9.17, 15) is 8.78 Å². The van der Waals surface area contributed by atoms with Gasteiger partial charge in [0.25, 0.3) is 0 Å². The number of aromatic nitrogens is 4. The van der Waals surface area contributed by atoms with Crippen molar-refractivity contribution in [1.29, 1.82) is 0 Å². The molecule has 2 fully saturated rings. The number of hydrogen-bond acceptors (Lipinski definition) is 6.